The van der Waals surface area contributed by atoms with Gasteiger partial charge in [-0.05, 0) is 38.1 Å². The highest BCUT2D eigenvalue weighted by molar-refractivity contribution is 6.30. The van der Waals surface area contributed by atoms with Crippen molar-refractivity contribution >= 4 is 17.6 Å². The van der Waals surface area contributed by atoms with Crippen LogP contribution in [0.25, 0.3) is 11.4 Å². The molecule has 2 aromatic rings. The third-order valence-electron chi connectivity index (χ3n) is 3.81. The molecule has 1 fully saturated rings. The van der Waals surface area contributed by atoms with Crippen LogP contribution in [0.3, 0.4) is 0 Å². The topological polar surface area (TPSA) is 65.2 Å². The molecule has 0 spiro atoms. The molecule has 0 amide bonds. The number of aromatic nitrogens is 2. The summed E-state index contributed by atoms with van der Waals surface area (Å²) in [4.78, 5) is 16.6. The number of hydrogen-bond donors (Lipinski definition) is 0. The van der Waals surface area contributed by atoms with E-state index in [0.717, 1.165) is 0 Å². The minimum atomic E-state index is -1.18. The van der Waals surface area contributed by atoms with E-state index in [4.69, 9.17) is 20.9 Å². The van der Waals surface area contributed by atoms with Crippen LogP contribution in [0.5, 0.6) is 0 Å². The average Bonchev–Trinajstić information content (AvgIpc) is 2.93. The molecule has 1 aliphatic rings. The summed E-state index contributed by atoms with van der Waals surface area (Å²) in [6, 6.07) is 6.90. The fourth-order valence-corrected chi connectivity index (χ4v) is 2.71. The van der Waals surface area contributed by atoms with Crippen LogP contribution >= 0.6 is 11.6 Å². The lowest BCUT2D eigenvalue weighted by molar-refractivity contribution is -0.163. The summed E-state index contributed by atoms with van der Waals surface area (Å²) >= 11 is 5.85. The van der Waals surface area contributed by atoms with Crippen molar-refractivity contribution in [1.82, 2.24) is 10.1 Å². The Bertz CT molecular complexity index is 708. The summed E-state index contributed by atoms with van der Waals surface area (Å²) in [7, 11) is 0. The van der Waals surface area contributed by atoms with Crippen molar-refractivity contribution in [2.45, 2.75) is 44.4 Å². The van der Waals surface area contributed by atoms with Crippen LogP contribution in [-0.4, -0.2) is 28.4 Å². The van der Waals surface area contributed by atoms with Gasteiger partial charge in [0.25, 0.3) is 0 Å². The zero-order chi connectivity index (χ0) is 16.6. The van der Waals surface area contributed by atoms with E-state index in [2.05, 4.69) is 10.1 Å². The van der Waals surface area contributed by atoms with E-state index in [1.165, 1.54) is 0 Å². The van der Waals surface area contributed by atoms with Gasteiger partial charge in [0.15, 0.2) is 5.41 Å². The van der Waals surface area contributed by atoms with Gasteiger partial charge in [-0.2, -0.15) is 4.98 Å². The molecule has 7 heteroatoms. The number of ether oxygens (including phenoxy) is 1. The standard InChI is InChI=1S/C16H16ClFN2O3/c1-9(2)22-15(21)16(7-12(18)8-16)14-19-13(20-23-14)10-3-5-11(17)6-4-10/h3-6,9,12H,7-8H2,1-2H3. The van der Waals surface area contributed by atoms with Gasteiger partial charge in [0, 0.05) is 23.4 Å². The second kappa shape index (κ2) is 5.92. The van der Waals surface area contributed by atoms with E-state index in [1.807, 2.05) is 0 Å². The summed E-state index contributed by atoms with van der Waals surface area (Å²) in [5.74, 6) is -0.0922. The molecule has 0 radical (unpaired) electrons. The maximum absolute atomic E-state index is 13.5. The monoisotopic (exact) mass is 338 g/mol. The Morgan fingerprint density at radius 2 is 2.04 bits per heavy atom. The molecular formula is C16H16ClFN2O3. The molecule has 0 aliphatic heterocycles. The molecule has 1 aromatic carbocycles. The Morgan fingerprint density at radius 3 is 2.61 bits per heavy atom. The number of carbonyl (C=O) groups is 1. The van der Waals surface area contributed by atoms with Gasteiger partial charge in [0.05, 0.1) is 6.10 Å². The number of alkyl halides is 1. The zero-order valence-electron chi connectivity index (χ0n) is 12.8. The summed E-state index contributed by atoms with van der Waals surface area (Å²) in [6.07, 6.45) is -1.36. The van der Waals surface area contributed by atoms with Gasteiger partial charge in [-0.1, -0.05) is 16.8 Å². The second-order valence-corrected chi connectivity index (χ2v) is 6.41. The summed E-state index contributed by atoms with van der Waals surface area (Å²) in [6.45, 7) is 3.48. The Morgan fingerprint density at radius 1 is 1.39 bits per heavy atom. The van der Waals surface area contributed by atoms with Gasteiger partial charge in [-0.15, -0.1) is 0 Å². The molecule has 1 aromatic heterocycles. The minimum Gasteiger partial charge on any atom is -0.462 e. The molecule has 1 saturated carbocycles. The minimum absolute atomic E-state index is 0.000798. The van der Waals surface area contributed by atoms with Crippen LogP contribution in [0, 0.1) is 0 Å². The first-order valence-electron chi connectivity index (χ1n) is 7.36. The van der Waals surface area contributed by atoms with Crippen molar-refractivity contribution < 1.29 is 18.4 Å². The summed E-state index contributed by atoms with van der Waals surface area (Å²) < 4.78 is 23.9. The first kappa shape index (κ1) is 15.9. The number of nitrogens with zero attached hydrogens (tertiary/aromatic N) is 2. The second-order valence-electron chi connectivity index (χ2n) is 5.97. The Labute approximate surface area is 137 Å². The van der Waals surface area contributed by atoms with Gasteiger partial charge >= 0.3 is 5.97 Å². The predicted molar refractivity (Wildman–Crippen MR) is 81.8 cm³/mol. The molecule has 1 heterocycles. The smallest absolute Gasteiger partial charge is 0.322 e. The molecule has 0 N–H and O–H groups in total. The van der Waals surface area contributed by atoms with Crippen LogP contribution in [0.1, 0.15) is 32.6 Å². The Hall–Kier alpha value is -1.95. The molecule has 3 rings (SSSR count). The first-order valence-corrected chi connectivity index (χ1v) is 7.74. The molecule has 0 unspecified atom stereocenters. The van der Waals surface area contributed by atoms with Crippen molar-refractivity contribution in [1.29, 1.82) is 0 Å². The van der Waals surface area contributed by atoms with Crippen LogP contribution < -0.4 is 0 Å². The molecule has 1 aliphatic carbocycles. The molecule has 0 saturated heterocycles. The normalized spacial score (nSPS) is 23.6. The van der Waals surface area contributed by atoms with Crippen LogP contribution in [-0.2, 0) is 14.9 Å². The largest absolute Gasteiger partial charge is 0.462 e. The molecule has 23 heavy (non-hydrogen) atoms. The van der Waals surface area contributed by atoms with E-state index in [9.17, 15) is 9.18 Å². The lowest BCUT2D eigenvalue weighted by atomic mass is 9.67. The molecule has 5 nitrogen and oxygen atoms in total. The van der Waals surface area contributed by atoms with Crippen molar-refractivity contribution in [3.8, 4) is 11.4 Å². The van der Waals surface area contributed by atoms with E-state index in [0.29, 0.717) is 16.4 Å². The van der Waals surface area contributed by atoms with Crippen LogP contribution in [0.15, 0.2) is 28.8 Å². The zero-order valence-corrected chi connectivity index (χ0v) is 13.5. The molecular weight excluding hydrogens is 323 g/mol. The molecule has 0 bridgehead atoms. The number of esters is 1. The summed E-state index contributed by atoms with van der Waals surface area (Å²) in [5, 5.41) is 4.48. The van der Waals surface area contributed by atoms with Crippen molar-refractivity contribution in [2.75, 3.05) is 0 Å². The number of hydrogen-bond acceptors (Lipinski definition) is 5. The van der Waals surface area contributed by atoms with Gasteiger partial charge in [0.2, 0.25) is 11.7 Å². The quantitative estimate of drug-likeness (QED) is 0.795. The average molecular weight is 339 g/mol. The lowest BCUT2D eigenvalue weighted by Gasteiger charge is -2.38. The number of rotatable bonds is 4. The highest BCUT2D eigenvalue weighted by Crippen LogP contribution is 2.46. The highest BCUT2D eigenvalue weighted by atomic mass is 35.5. The molecule has 0 atom stereocenters. The van der Waals surface area contributed by atoms with E-state index in [1.54, 1.807) is 38.1 Å². The van der Waals surface area contributed by atoms with Gasteiger partial charge < -0.3 is 9.26 Å². The van der Waals surface area contributed by atoms with Crippen LogP contribution in [0.2, 0.25) is 5.02 Å². The summed E-state index contributed by atoms with van der Waals surface area (Å²) in [5.41, 5.74) is -0.477. The number of carbonyl (C=O) groups excluding carboxylic acids is 1. The van der Waals surface area contributed by atoms with E-state index in [-0.39, 0.29) is 24.8 Å². The van der Waals surface area contributed by atoms with Gasteiger partial charge in [0.1, 0.15) is 6.17 Å². The van der Waals surface area contributed by atoms with E-state index >= 15 is 0 Å². The predicted octanol–water partition coefficient (Wildman–Crippen LogP) is 3.71. The fourth-order valence-electron chi connectivity index (χ4n) is 2.59. The lowest BCUT2D eigenvalue weighted by Crippen LogP contribution is -2.50. The maximum Gasteiger partial charge on any atom is 0.322 e. The number of halogens is 2. The SMILES string of the molecule is CC(C)OC(=O)C1(c2nc(-c3ccc(Cl)cc3)no2)CC(F)C1. The van der Waals surface area contributed by atoms with E-state index < -0.39 is 17.6 Å². The van der Waals surface area contributed by atoms with Crippen molar-refractivity contribution in [3.63, 3.8) is 0 Å². The third kappa shape index (κ3) is 2.95. The van der Waals surface area contributed by atoms with Crippen molar-refractivity contribution in [2.24, 2.45) is 0 Å². The Balaban J connectivity index is 1.90. The first-order chi connectivity index (χ1) is 10.9. The maximum atomic E-state index is 13.5. The highest BCUT2D eigenvalue weighted by Gasteiger charge is 2.57. The fraction of sp³-hybridized carbons (Fsp3) is 0.438. The Kier molecular flexibility index (Phi) is 4.10. The van der Waals surface area contributed by atoms with Crippen molar-refractivity contribution in [3.05, 3.63) is 35.2 Å². The molecule has 122 valence electrons. The third-order valence-corrected chi connectivity index (χ3v) is 4.06. The van der Waals surface area contributed by atoms with Gasteiger partial charge in [-0.25, -0.2) is 4.39 Å². The van der Waals surface area contributed by atoms with Gasteiger partial charge in [-0.3, -0.25) is 4.79 Å². The number of benzene rings is 1. The van der Waals surface area contributed by atoms with Crippen LogP contribution in [0.4, 0.5) is 4.39 Å².